The van der Waals surface area contributed by atoms with E-state index in [2.05, 4.69) is 11.8 Å². The van der Waals surface area contributed by atoms with E-state index in [-0.39, 0.29) is 0 Å². The van der Waals surface area contributed by atoms with Crippen molar-refractivity contribution in [2.24, 2.45) is 5.92 Å². The number of hydrogen-bond donors (Lipinski definition) is 1. The predicted molar refractivity (Wildman–Crippen MR) is 60.4 cm³/mol. The third-order valence-corrected chi connectivity index (χ3v) is 3.95. The van der Waals surface area contributed by atoms with Crippen LogP contribution < -0.4 is 0 Å². The molecule has 16 heavy (non-hydrogen) atoms. The van der Waals surface area contributed by atoms with Gasteiger partial charge in [0.05, 0.1) is 13.2 Å². The van der Waals surface area contributed by atoms with E-state index in [1.807, 2.05) is 0 Å². The number of aliphatic carboxylic acids is 1. The van der Waals surface area contributed by atoms with E-state index in [0.717, 1.165) is 13.0 Å². The average Bonchev–Trinajstić information content (AvgIpc) is 2.29. The third kappa shape index (κ3) is 2.38. The Morgan fingerprint density at radius 3 is 2.81 bits per heavy atom. The van der Waals surface area contributed by atoms with Gasteiger partial charge in [0, 0.05) is 12.6 Å². The van der Waals surface area contributed by atoms with Crippen LogP contribution in [0.3, 0.4) is 0 Å². The highest BCUT2D eigenvalue weighted by molar-refractivity contribution is 5.73. The van der Waals surface area contributed by atoms with Gasteiger partial charge in [0.1, 0.15) is 6.04 Å². The summed E-state index contributed by atoms with van der Waals surface area (Å²) in [6, 6.07) is 0.0121. The summed E-state index contributed by atoms with van der Waals surface area (Å²) in [4.78, 5) is 13.4. The Morgan fingerprint density at radius 1 is 1.38 bits per heavy atom. The second-order valence-electron chi connectivity index (χ2n) is 5.00. The molecule has 0 bridgehead atoms. The largest absolute Gasteiger partial charge is 0.480 e. The standard InChI is InChI=1S/C12H21NO3/c1-9-4-2-3-5-10(9)13-6-7-16-8-11(13)12(14)15/h9-11H,2-8H2,1H3,(H,14,15). The molecule has 0 amide bonds. The zero-order chi connectivity index (χ0) is 11.5. The topological polar surface area (TPSA) is 49.8 Å². The van der Waals surface area contributed by atoms with Gasteiger partial charge in [-0.05, 0) is 18.8 Å². The molecule has 2 fully saturated rings. The van der Waals surface area contributed by atoms with E-state index in [1.165, 1.54) is 19.3 Å². The lowest BCUT2D eigenvalue weighted by Crippen LogP contribution is -2.56. The highest BCUT2D eigenvalue weighted by Crippen LogP contribution is 2.30. The van der Waals surface area contributed by atoms with Crippen LogP contribution in [0.5, 0.6) is 0 Å². The molecule has 0 aromatic carbocycles. The minimum Gasteiger partial charge on any atom is -0.480 e. The van der Waals surface area contributed by atoms with Crippen LogP contribution in [0.2, 0.25) is 0 Å². The van der Waals surface area contributed by atoms with Crippen molar-refractivity contribution < 1.29 is 14.6 Å². The van der Waals surface area contributed by atoms with Crippen molar-refractivity contribution in [2.75, 3.05) is 19.8 Å². The molecule has 3 atom stereocenters. The fourth-order valence-electron chi connectivity index (χ4n) is 3.02. The number of nitrogens with zero attached hydrogens (tertiary/aromatic N) is 1. The molecule has 1 saturated heterocycles. The van der Waals surface area contributed by atoms with Crippen LogP contribution >= 0.6 is 0 Å². The minimum atomic E-state index is -0.738. The van der Waals surface area contributed by atoms with Gasteiger partial charge in [0.25, 0.3) is 0 Å². The third-order valence-electron chi connectivity index (χ3n) is 3.95. The highest BCUT2D eigenvalue weighted by atomic mass is 16.5. The van der Waals surface area contributed by atoms with E-state index in [0.29, 0.717) is 25.2 Å². The summed E-state index contributed by atoms with van der Waals surface area (Å²) >= 11 is 0. The van der Waals surface area contributed by atoms with Gasteiger partial charge in [0.2, 0.25) is 0 Å². The Labute approximate surface area is 96.6 Å². The zero-order valence-corrected chi connectivity index (χ0v) is 9.89. The molecule has 1 heterocycles. The lowest BCUT2D eigenvalue weighted by molar-refractivity contribution is -0.153. The quantitative estimate of drug-likeness (QED) is 0.773. The molecule has 1 saturated carbocycles. The number of morpholine rings is 1. The smallest absolute Gasteiger partial charge is 0.323 e. The molecule has 0 aromatic rings. The van der Waals surface area contributed by atoms with Crippen LogP contribution in [0.25, 0.3) is 0 Å². The van der Waals surface area contributed by atoms with Gasteiger partial charge < -0.3 is 9.84 Å². The predicted octanol–water partition coefficient (Wildman–Crippen LogP) is 1.35. The fraction of sp³-hybridized carbons (Fsp3) is 0.917. The van der Waals surface area contributed by atoms with Gasteiger partial charge in [-0.2, -0.15) is 0 Å². The molecular weight excluding hydrogens is 206 g/mol. The van der Waals surface area contributed by atoms with Crippen LogP contribution in [0.1, 0.15) is 32.6 Å². The molecule has 1 aliphatic heterocycles. The molecule has 2 rings (SSSR count). The normalized spacial score (nSPS) is 37.2. The van der Waals surface area contributed by atoms with Crippen molar-refractivity contribution in [1.29, 1.82) is 0 Å². The summed E-state index contributed by atoms with van der Waals surface area (Å²) in [6.45, 7) is 4.04. The molecule has 4 heteroatoms. The SMILES string of the molecule is CC1CCCCC1N1CCOCC1C(=O)O. The summed E-state index contributed by atoms with van der Waals surface area (Å²) in [5, 5.41) is 9.20. The van der Waals surface area contributed by atoms with Crippen LogP contribution in [0.4, 0.5) is 0 Å². The van der Waals surface area contributed by atoms with Crippen LogP contribution in [0, 0.1) is 5.92 Å². The van der Waals surface area contributed by atoms with Crippen molar-refractivity contribution in [3.8, 4) is 0 Å². The first-order chi connectivity index (χ1) is 7.70. The fourth-order valence-corrected chi connectivity index (χ4v) is 3.02. The van der Waals surface area contributed by atoms with E-state index >= 15 is 0 Å². The maximum Gasteiger partial charge on any atom is 0.323 e. The number of ether oxygens (including phenoxy) is 1. The van der Waals surface area contributed by atoms with Crippen LogP contribution in [0.15, 0.2) is 0 Å². The lowest BCUT2D eigenvalue weighted by atomic mass is 9.84. The Balaban J connectivity index is 2.06. The Hall–Kier alpha value is -0.610. The molecule has 0 aromatic heterocycles. The van der Waals surface area contributed by atoms with Gasteiger partial charge in [-0.3, -0.25) is 9.69 Å². The molecule has 1 aliphatic carbocycles. The molecular formula is C12H21NO3. The Bertz CT molecular complexity index is 257. The number of hydrogen-bond acceptors (Lipinski definition) is 3. The van der Waals surface area contributed by atoms with Gasteiger partial charge in [-0.15, -0.1) is 0 Å². The van der Waals surface area contributed by atoms with Gasteiger partial charge >= 0.3 is 5.97 Å². The number of carbonyl (C=O) groups is 1. The average molecular weight is 227 g/mol. The summed E-state index contributed by atoms with van der Waals surface area (Å²) in [7, 11) is 0. The second kappa shape index (κ2) is 5.15. The Morgan fingerprint density at radius 2 is 2.12 bits per heavy atom. The van der Waals surface area contributed by atoms with Crippen molar-refractivity contribution in [3.05, 3.63) is 0 Å². The van der Waals surface area contributed by atoms with Gasteiger partial charge in [-0.25, -0.2) is 0 Å². The summed E-state index contributed by atoms with van der Waals surface area (Å²) in [6.07, 6.45) is 4.90. The van der Waals surface area contributed by atoms with Crippen LogP contribution in [-0.2, 0) is 9.53 Å². The van der Waals surface area contributed by atoms with Crippen molar-refractivity contribution in [3.63, 3.8) is 0 Å². The number of carboxylic acids is 1. The van der Waals surface area contributed by atoms with E-state index in [1.54, 1.807) is 0 Å². The van der Waals surface area contributed by atoms with Crippen molar-refractivity contribution >= 4 is 5.97 Å². The van der Waals surface area contributed by atoms with Crippen LogP contribution in [-0.4, -0.2) is 47.8 Å². The summed E-state index contributed by atoms with van der Waals surface area (Å²) < 4.78 is 5.28. The van der Waals surface area contributed by atoms with E-state index < -0.39 is 12.0 Å². The molecule has 0 radical (unpaired) electrons. The van der Waals surface area contributed by atoms with E-state index in [4.69, 9.17) is 4.74 Å². The monoisotopic (exact) mass is 227 g/mol. The summed E-state index contributed by atoms with van der Waals surface area (Å²) in [5.74, 6) is -0.119. The summed E-state index contributed by atoms with van der Waals surface area (Å²) in [5.41, 5.74) is 0. The molecule has 2 aliphatic rings. The number of carboxylic acid groups (broad SMARTS) is 1. The van der Waals surface area contributed by atoms with Crippen molar-refractivity contribution in [1.82, 2.24) is 4.90 Å². The molecule has 1 N–H and O–H groups in total. The first-order valence-corrected chi connectivity index (χ1v) is 6.26. The number of rotatable bonds is 2. The minimum absolute atomic E-state index is 0.346. The highest BCUT2D eigenvalue weighted by Gasteiger charge is 2.37. The van der Waals surface area contributed by atoms with E-state index in [9.17, 15) is 9.90 Å². The maximum atomic E-state index is 11.2. The van der Waals surface area contributed by atoms with Crippen molar-refractivity contribution in [2.45, 2.75) is 44.7 Å². The maximum absolute atomic E-state index is 11.2. The molecule has 3 unspecified atom stereocenters. The Kier molecular flexibility index (Phi) is 3.82. The lowest BCUT2D eigenvalue weighted by Gasteiger charge is -2.43. The molecule has 0 spiro atoms. The molecule has 4 nitrogen and oxygen atoms in total. The first kappa shape index (κ1) is 11.9. The second-order valence-corrected chi connectivity index (χ2v) is 5.00. The van der Waals surface area contributed by atoms with Gasteiger partial charge in [-0.1, -0.05) is 19.8 Å². The molecule has 92 valence electrons. The van der Waals surface area contributed by atoms with Gasteiger partial charge in [0.15, 0.2) is 0 Å². The zero-order valence-electron chi connectivity index (χ0n) is 9.89. The first-order valence-electron chi connectivity index (χ1n) is 6.26.